The molecule has 4 heteroatoms. The summed E-state index contributed by atoms with van der Waals surface area (Å²) in [6, 6.07) is 17.5. The molecule has 1 atom stereocenters. The fourth-order valence-electron chi connectivity index (χ4n) is 2.04. The molecule has 0 radical (unpaired) electrons. The quantitative estimate of drug-likeness (QED) is 0.798. The van der Waals surface area contributed by atoms with Gasteiger partial charge in [-0.05, 0) is 30.2 Å². The van der Waals surface area contributed by atoms with Crippen molar-refractivity contribution in [1.82, 2.24) is 5.32 Å². The summed E-state index contributed by atoms with van der Waals surface area (Å²) < 4.78 is 10.4. The standard InChI is InChI=1S/C18H21NO3/c1-14(16-8-10-17(21-2)11-9-16)19-12-18(20)22-13-15-6-4-3-5-7-15/h3-11,14,19H,12-13H2,1-2H3/t14-/m0/s1. The van der Waals surface area contributed by atoms with Gasteiger partial charge in [0.25, 0.3) is 0 Å². The molecular formula is C18H21NO3. The van der Waals surface area contributed by atoms with Crippen molar-refractivity contribution in [3.8, 4) is 5.75 Å². The van der Waals surface area contributed by atoms with Crippen LogP contribution in [0.25, 0.3) is 0 Å². The van der Waals surface area contributed by atoms with Crippen LogP contribution in [0.4, 0.5) is 0 Å². The van der Waals surface area contributed by atoms with Gasteiger partial charge in [-0.2, -0.15) is 0 Å². The van der Waals surface area contributed by atoms with Crippen molar-refractivity contribution < 1.29 is 14.3 Å². The van der Waals surface area contributed by atoms with Gasteiger partial charge in [-0.1, -0.05) is 42.5 Å². The Labute approximate surface area is 131 Å². The molecule has 0 aliphatic rings. The second-order valence-corrected chi connectivity index (χ2v) is 5.02. The molecule has 22 heavy (non-hydrogen) atoms. The Morgan fingerprint density at radius 3 is 2.41 bits per heavy atom. The van der Waals surface area contributed by atoms with Gasteiger partial charge in [-0.15, -0.1) is 0 Å². The molecule has 0 heterocycles. The molecule has 2 rings (SSSR count). The summed E-state index contributed by atoms with van der Waals surface area (Å²) in [4.78, 5) is 11.7. The number of ether oxygens (including phenoxy) is 2. The SMILES string of the molecule is COc1ccc([C@H](C)NCC(=O)OCc2ccccc2)cc1. The zero-order valence-electron chi connectivity index (χ0n) is 12.9. The van der Waals surface area contributed by atoms with Gasteiger partial charge in [0.1, 0.15) is 12.4 Å². The van der Waals surface area contributed by atoms with Gasteiger partial charge in [0, 0.05) is 6.04 Å². The summed E-state index contributed by atoms with van der Waals surface area (Å²) in [6.07, 6.45) is 0. The molecule has 0 unspecified atom stereocenters. The number of benzene rings is 2. The smallest absolute Gasteiger partial charge is 0.320 e. The molecule has 0 amide bonds. The zero-order valence-corrected chi connectivity index (χ0v) is 12.9. The third-order valence-electron chi connectivity index (χ3n) is 3.41. The Kier molecular flexibility index (Phi) is 5.98. The predicted molar refractivity (Wildman–Crippen MR) is 85.6 cm³/mol. The van der Waals surface area contributed by atoms with E-state index in [0.29, 0.717) is 6.61 Å². The van der Waals surface area contributed by atoms with E-state index in [1.165, 1.54) is 0 Å². The van der Waals surface area contributed by atoms with E-state index in [1.54, 1.807) is 7.11 Å². The molecular weight excluding hydrogens is 278 g/mol. The minimum atomic E-state index is -0.260. The molecule has 2 aromatic carbocycles. The van der Waals surface area contributed by atoms with Gasteiger partial charge in [0.15, 0.2) is 0 Å². The molecule has 0 saturated carbocycles. The molecule has 116 valence electrons. The largest absolute Gasteiger partial charge is 0.497 e. The van der Waals surface area contributed by atoms with Crippen molar-refractivity contribution in [3.63, 3.8) is 0 Å². The maximum Gasteiger partial charge on any atom is 0.320 e. The van der Waals surface area contributed by atoms with Crippen LogP contribution in [0.1, 0.15) is 24.1 Å². The van der Waals surface area contributed by atoms with Crippen LogP contribution in [0.3, 0.4) is 0 Å². The van der Waals surface area contributed by atoms with E-state index in [1.807, 2.05) is 61.5 Å². The Morgan fingerprint density at radius 1 is 1.09 bits per heavy atom. The maximum absolute atomic E-state index is 11.7. The molecule has 0 bridgehead atoms. The number of rotatable bonds is 7. The van der Waals surface area contributed by atoms with E-state index in [4.69, 9.17) is 9.47 Å². The van der Waals surface area contributed by atoms with Gasteiger partial charge in [-0.3, -0.25) is 4.79 Å². The Balaban J connectivity index is 1.75. The monoisotopic (exact) mass is 299 g/mol. The van der Waals surface area contributed by atoms with E-state index >= 15 is 0 Å². The normalized spacial score (nSPS) is 11.7. The molecule has 0 aliphatic carbocycles. The van der Waals surface area contributed by atoms with Gasteiger partial charge in [0.05, 0.1) is 13.7 Å². The summed E-state index contributed by atoms with van der Waals surface area (Å²) >= 11 is 0. The van der Waals surface area contributed by atoms with Gasteiger partial charge >= 0.3 is 5.97 Å². The van der Waals surface area contributed by atoms with Crippen molar-refractivity contribution >= 4 is 5.97 Å². The minimum Gasteiger partial charge on any atom is -0.497 e. The van der Waals surface area contributed by atoms with Crippen LogP contribution in [0, 0.1) is 0 Å². The van der Waals surface area contributed by atoms with Crippen molar-refractivity contribution in [2.75, 3.05) is 13.7 Å². The second-order valence-electron chi connectivity index (χ2n) is 5.02. The van der Waals surface area contributed by atoms with Gasteiger partial charge in [-0.25, -0.2) is 0 Å². The molecule has 2 aromatic rings. The minimum absolute atomic E-state index is 0.0650. The lowest BCUT2D eigenvalue weighted by molar-refractivity contribution is -0.144. The first-order chi connectivity index (χ1) is 10.7. The van der Waals surface area contributed by atoms with Crippen LogP contribution in [0.2, 0.25) is 0 Å². The third kappa shape index (κ3) is 4.90. The molecule has 0 aromatic heterocycles. The number of hydrogen-bond acceptors (Lipinski definition) is 4. The predicted octanol–water partition coefficient (Wildman–Crippen LogP) is 3.09. The maximum atomic E-state index is 11.7. The number of hydrogen-bond donors (Lipinski definition) is 1. The van der Waals surface area contributed by atoms with Crippen molar-refractivity contribution in [2.24, 2.45) is 0 Å². The lowest BCUT2D eigenvalue weighted by atomic mass is 10.1. The van der Waals surface area contributed by atoms with Crippen molar-refractivity contribution in [1.29, 1.82) is 0 Å². The van der Waals surface area contributed by atoms with E-state index in [9.17, 15) is 4.79 Å². The first kappa shape index (κ1) is 16.0. The summed E-state index contributed by atoms with van der Waals surface area (Å²) in [5.74, 6) is 0.558. The summed E-state index contributed by atoms with van der Waals surface area (Å²) in [5.41, 5.74) is 2.08. The molecule has 0 aliphatic heterocycles. The summed E-state index contributed by atoms with van der Waals surface area (Å²) in [7, 11) is 1.64. The van der Waals surface area contributed by atoms with Crippen LogP contribution in [0.5, 0.6) is 5.75 Å². The lowest BCUT2D eigenvalue weighted by Gasteiger charge is -2.14. The van der Waals surface area contributed by atoms with E-state index in [0.717, 1.165) is 16.9 Å². The third-order valence-corrected chi connectivity index (χ3v) is 3.41. The van der Waals surface area contributed by atoms with Crippen LogP contribution in [-0.2, 0) is 16.1 Å². The van der Waals surface area contributed by atoms with E-state index in [-0.39, 0.29) is 18.6 Å². The number of nitrogens with one attached hydrogen (secondary N) is 1. The summed E-state index contributed by atoms with van der Waals surface area (Å²) in [6.45, 7) is 2.49. The van der Waals surface area contributed by atoms with Crippen molar-refractivity contribution in [3.05, 3.63) is 65.7 Å². The highest BCUT2D eigenvalue weighted by atomic mass is 16.5. The first-order valence-electron chi connectivity index (χ1n) is 7.26. The van der Waals surface area contributed by atoms with E-state index in [2.05, 4.69) is 5.32 Å². The first-order valence-corrected chi connectivity index (χ1v) is 7.26. The average molecular weight is 299 g/mol. The topological polar surface area (TPSA) is 47.6 Å². The zero-order chi connectivity index (χ0) is 15.8. The highest BCUT2D eigenvalue weighted by Gasteiger charge is 2.09. The second kappa shape index (κ2) is 8.20. The number of carbonyl (C=O) groups is 1. The Hall–Kier alpha value is -2.33. The number of carbonyl (C=O) groups excluding carboxylic acids is 1. The fourth-order valence-corrected chi connectivity index (χ4v) is 2.04. The molecule has 1 N–H and O–H groups in total. The molecule has 0 fully saturated rings. The lowest BCUT2D eigenvalue weighted by Crippen LogP contribution is -2.27. The summed E-state index contributed by atoms with van der Waals surface area (Å²) in [5, 5.41) is 3.16. The number of methoxy groups -OCH3 is 1. The Bertz CT molecular complexity index is 581. The van der Waals surface area contributed by atoms with Crippen LogP contribution in [-0.4, -0.2) is 19.6 Å². The van der Waals surface area contributed by atoms with Crippen molar-refractivity contribution in [2.45, 2.75) is 19.6 Å². The van der Waals surface area contributed by atoms with Crippen LogP contribution in [0.15, 0.2) is 54.6 Å². The van der Waals surface area contributed by atoms with E-state index < -0.39 is 0 Å². The molecule has 0 spiro atoms. The highest BCUT2D eigenvalue weighted by molar-refractivity contribution is 5.71. The molecule has 4 nitrogen and oxygen atoms in total. The fraction of sp³-hybridized carbons (Fsp3) is 0.278. The van der Waals surface area contributed by atoms with Crippen LogP contribution < -0.4 is 10.1 Å². The molecule has 0 saturated heterocycles. The Morgan fingerprint density at radius 2 is 1.77 bits per heavy atom. The average Bonchev–Trinajstić information content (AvgIpc) is 2.58. The van der Waals surface area contributed by atoms with Gasteiger partial charge < -0.3 is 14.8 Å². The highest BCUT2D eigenvalue weighted by Crippen LogP contribution is 2.16. The van der Waals surface area contributed by atoms with Crippen LogP contribution >= 0.6 is 0 Å². The number of esters is 1. The van der Waals surface area contributed by atoms with Gasteiger partial charge in [0.2, 0.25) is 0 Å².